The zero-order valence-electron chi connectivity index (χ0n) is 13.8. The molecule has 134 valence electrons. The van der Waals surface area contributed by atoms with Crippen molar-refractivity contribution in [2.45, 2.75) is 29.3 Å². The zero-order chi connectivity index (χ0) is 17.9. The average Bonchev–Trinajstić information content (AvgIpc) is 3.26. The van der Waals surface area contributed by atoms with E-state index in [1.54, 1.807) is 53.5 Å². The molecule has 8 heteroatoms. The minimum absolute atomic E-state index is 0.0411. The summed E-state index contributed by atoms with van der Waals surface area (Å²) >= 11 is 2.96. The Labute approximate surface area is 156 Å². The second-order valence-electron chi connectivity index (χ2n) is 5.73. The smallest absolute Gasteiger partial charge is 0.271 e. The highest BCUT2D eigenvalue weighted by molar-refractivity contribution is 8.00. The van der Waals surface area contributed by atoms with Crippen molar-refractivity contribution in [1.82, 2.24) is 4.90 Å². The van der Waals surface area contributed by atoms with E-state index in [9.17, 15) is 13.2 Å². The first-order valence-corrected chi connectivity index (χ1v) is 11.5. The van der Waals surface area contributed by atoms with Crippen molar-refractivity contribution in [2.24, 2.45) is 0 Å². The Morgan fingerprint density at radius 2 is 2.16 bits per heavy atom. The fourth-order valence-corrected chi connectivity index (χ4v) is 6.14. The molecule has 1 aliphatic heterocycles. The lowest BCUT2D eigenvalue weighted by molar-refractivity contribution is 0.0756. The molecule has 0 spiro atoms. The minimum atomic E-state index is -3.61. The molecule has 2 heterocycles. The molecule has 1 fully saturated rings. The van der Waals surface area contributed by atoms with E-state index in [0.29, 0.717) is 11.3 Å². The summed E-state index contributed by atoms with van der Waals surface area (Å²) in [6.45, 7) is 2.85. The van der Waals surface area contributed by atoms with E-state index in [4.69, 9.17) is 0 Å². The van der Waals surface area contributed by atoms with Crippen molar-refractivity contribution < 1.29 is 13.2 Å². The third kappa shape index (κ3) is 4.19. The van der Waals surface area contributed by atoms with E-state index in [1.165, 1.54) is 0 Å². The number of thioether (sulfide) groups is 1. The first-order chi connectivity index (χ1) is 12.0. The normalized spacial score (nSPS) is 17.6. The predicted octanol–water partition coefficient (Wildman–Crippen LogP) is 3.86. The van der Waals surface area contributed by atoms with Crippen LogP contribution in [0.4, 0.5) is 5.69 Å². The number of hydrogen-bond acceptors (Lipinski definition) is 5. The Hall–Kier alpha value is -1.51. The summed E-state index contributed by atoms with van der Waals surface area (Å²) in [6, 6.07) is 9.95. The van der Waals surface area contributed by atoms with Gasteiger partial charge in [-0.2, -0.15) is 0 Å². The van der Waals surface area contributed by atoms with Gasteiger partial charge < -0.3 is 4.90 Å². The summed E-state index contributed by atoms with van der Waals surface area (Å²) in [6.07, 6.45) is 2.00. The van der Waals surface area contributed by atoms with Crippen LogP contribution in [0.15, 0.2) is 46.0 Å². The van der Waals surface area contributed by atoms with Gasteiger partial charge in [0.1, 0.15) is 4.21 Å². The zero-order valence-corrected chi connectivity index (χ0v) is 16.3. The second-order valence-corrected chi connectivity index (χ2v) is 9.87. The molecule has 0 aliphatic carbocycles. The molecular formula is C17H20N2O3S3. The Bertz CT molecular complexity index is 835. The quantitative estimate of drug-likeness (QED) is 0.805. The van der Waals surface area contributed by atoms with Crippen LogP contribution in [0.3, 0.4) is 0 Å². The fourth-order valence-electron chi connectivity index (χ4n) is 2.74. The maximum atomic E-state index is 12.8. The number of nitrogens with one attached hydrogen (secondary N) is 1. The second kappa shape index (κ2) is 7.80. The number of sulfonamides is 1. The summed E-state index contributed by atoms with van der Waals surface area (Å²) in [7, 11) is -3.61. The van der Waals surface area contributed by atoms with Gasteiger partial charge in [0.15, 0.2) is 0 Å². The van der Waals surface area contributed by atoms with Gasteiger partial charge in [-0.3, -0.25) is 9.52 Å². The molecule has 3 rings (SSSR count). The average molecular weight is 397 g/mol. The topological polar surface area (TPSA) is 66.5 Å². The first kappa shape index (κ1) is 18.3. The summed E-state index contributed by atoms with van der Waals surface area (Å²) in [5, 5.41) is 1.93. The highest BCUT2D eigenvalue weighted by Gasteiger charge is 2.29. The predicted molar refractivity (Wildman–Crippen MR) is 104 cm³/mol. The number of anilines is 1. The maximum absolute atomic E-state index is 12.8. The summed E-state index contributed by atoms with van der Waals surface area (Å²) < 4.78 is 27.5. The van der Waals surface area contributed by atoms with Crippen molar-refractivity contribution in [3.05, 3.63) is 47.3 Å². The number of benzene rings is 1. The van der Waals surface area contributed by atoms with Gasteiger partial charge in [0, 0.05) is 23.5 Å². The van der Waals surface area contributed by atoms with Gasteiger partial charge in [0.05, 0.1) is 5.37 Å². The van der Waals surface area contributed by atoms with Crippen LogP contribution in [-0.2, 0) is 10.0 Å². The van der Waals surface area contributed by atoms with Gasteiger partial charge in [-0.1, -0.05) is 25.5 Å². The van der Waals surface area contributed by atoms with E-state index in [-0.39, 0.29) is 15.5 Å². The molecular weight excluding hydrogens is 376 g/mol. The van der Waals surface area contributed by atoms with Gasteiger partial charge in [0.25, 0.3) is 15.9 Å². The molecule has 1 aromatic carbocycles. The highest BCUT2D eigenvalue weighted by Crippen LogP contribution is 2.29. The number of thiophene rings is 1. The van der Waals surface area contributed by atoms with Crippen LogP contribution in [0, 0.1) is 0 Å². The Morgan fingerprint density at radius 3 is 2.88 bits per heavy atom. The number of rotatable bonds is 6. The third-order valence-corrected chi connectivity index (χ3v) is 7.98. The van der Waals surface area contributed by atoms with Crippen LogP contribution in [0.5, 0.6) is 0 Å². The van der Waals surface area contributed by atoms with E-state index >= 15 is 0 Å². The minimum Gasteiger partial charge on any atom is -0.326 e. The van der Waals surface area contributed by atoms with Crippen LogP contribution in [-0.4, -0.2) is 36.9 Å². The number of carbonyl (C=O) groups excluding carboxylic acids is 1. The standard InChI is InChI=1S/C17H20N2O3S3/c1-2-5-15-19(9-11-23-15)17(20)13-6-3-7-14(12-13)18-25(21,22)16-8-4-10-24-16/h3-4,6-8,10,12,15,18H,2,5,9,11H2,1H3. The van der Waals surface area contributed by atoms with Crippen LogP contribution in [0.25, 0.3) is 0 Å². The molecule has 1 unspecified atom stereocenters. The first-order valence-electron chi connectivity index (χ1n) is 8.10. The highest BCUT2D eigenvalue weighted by atomic mass is 32.2. The molecule has 2 aromatic rings. The molecule has 1 aliphatic rings. The van der Waals surface area contributed by atoms with Crippen LogP contribution < -0.4 is 4.72 Å². The van der Waals surface area contributed by atoms with Gasteiger partial charge in [-0.05, 0) is 36.1 Å². The van der Waals surface area contributed by atoms with E-state index in [2.05, 4.69) is 11.6 Å². The largest absolute Gasteiger partial charge is 0.326 e. The van der Waals surface area contributed by atoms with Crippen LogP contribution >= 0.6 is 23.1 Å². The number of nitrogens with zero attached hydrogens (tertiary/aromatic N) is 1. The van der Waals surface area contributed by atoms with Gasteiger partial charge >= 0.3 is 0 Å². The molecule has 1 aromatic heterocycles. The van der Waals surface area contributed by atoms with Gasteiger partial charge in [-0.15, -0.1) is 23.1 Å². The molecule has 1 N–H and O–H groups in total. The molecule has 1 atom stereocenters. The lowest BCUT2D eigenvalue weighted by Gasteiger charge is -2.23. The SMILES string of the molecule is CCCC1SCCN1C(=O)c1cccc(NS(=O)(=O)c2cccs2)c1. The van der Waals surface area contributed by atoms with Crippen molar-refractivity contribution in [1.29, 1.82) is 0 Å². The molecule has 0 bridgehead atoms. The van der Waals surface area contributed by atoms with Crippen LogP contribution in [0.2, 0.25) is 0 Å². The molecule has 0 saturated carbocycles. The monoisotopic (exact) mass is 396 g/mol. The lowest BCUT2D eigenvalue weighted by Crippen LogP contribution is -2.34. The number of hydrogen-bond donors (Lipinski definition) is 1. The number of amides is 1. The summed E-state index contributed by atoms with van der Waals surface area (Å²) in [5.41, 5.74) is 0.910. The van der Waals surface area contributed by atoms with Gasteiger partial charge in [-0.25, -0.2) is 8.42 Å². The van der Waals surface area contributed by atoms with E-state index < -0.39 is 10.0 Å². The van der Waals surface area contributed by atoms with Gasteiger partial charge in [0.2, 0.25) is 0 Å². The van der Waals surface area contributed by atoms with E-state index in [1.807, 2.05) is 4.90 Å². The number of carbonyl (C=O) groups is 1. The third-order valence-electron chi connectivity index (χ3n) is 3.91. The van der Waals surface area contributed by atoms with Crippen LogP contribution in [0.1, 0.15) is 30.1 Å². The van der Waals surface area contributed by atoms with Crippen molar-refractivity contribution in [2.75, 3.05) is 17.0 Å². The Morgan fingerprint density at radius 1 is 1.32 bits per heavy atom. The lowest BCUT2D eigenvalue weighted by atomic mass is 10.1. The van der Waals surface area contributed by atoms with Crippen molar-refractivity contribution in [3.63, 3.8) is 0 Å². The summed E-state index contributed by atoms with van der Waals surface area (Å²) in [4.78, 5) is 14.7. The molecule has 5 nitrogen and oxygen atoms in total. The molecule has 0 radical (unpaired) electrons. The molecule has 1 amide bonds. The molecule has 1 saturated heterocycles. The Balaban J connectivity index is 1.78. The fraction of sp³-hybridized carbons (Fsp3) is 0.353. The van der Waals surface area contributed by atoms with E-state index in [0.717, 1.165) is 36.5 Å². The maximum Gasteiger partial charge on any atom is 0.271 e. The Kier molecular flexibility index (Phi) is 5.71. The summed E-state index contributed by atoms with van der Waals surface area (Å²) in [5.74, 6) is 0.904. The van der Waals surface area contributed by atoms with Crippen molar-refractivity contribution in [3.8, 4) is 0 Å². The van der Waals surface area contributed by atoms with Crippen molar-refractivity contribution >= 4 is 44.7 Å². The molecule has 25 heavy (non-hydrogen) atoms.